The molecule has 1 aliphatic heterocycles. The van der Waals surface area contributed by atoms with Gasteiger partial charge in [0.15, 0.2) is 0 Å². The summed E-state index contributed by atoms with van der Waals surface area (Å²) in [5.41, 5.74) is 4.51. The van der Waals surface area contributed by atoms with Gasteiger partial charge in [0.1, 0.15) is 5.82 Å². The van der Waals surface area contributed by atoms with Crippen LogP contribution in [-0.4, -0.2) is 63.7 Å². The molecule has 0 radical (unpaired) electrons. The van der Waals surface area contributed by atoms with Crippen LogP contribution in [0.4, 0.5) is 4.39 Å². The largest absolute Gasteiger partial charge is 0.336 e. The second-order valence-corrected chi connectivity index (χ2v) is 7.67. The summed E-state index contributed by atoms with van der Waals surface area (Å²) in [6, 6.07) is 12.6. The van der Waals surface area contributed by atoms with Gasteiger partial charge in [-0.2, -0.15) is 5.10 Å². The smallest absolute Gasteiger partial charge is 0.253 e. The molecule has 2 aromatic carbocycles. The maximum absolute atomic E-state index is 13.7. The number of nitrogens with zero attached hydrogens (tertiary/aromatic N) is 4. The van der Waals surface area contributed by atoms with Crippen LogP contribution in [-0.2, 0) is 6.54 Å². The van der Waals surface area contributed by atoms with Crippen molar-refractivity contribution in [1.29, 1.82) is 0 Å². The van der Waals surface area contributed by atoms with Crippen molar-refractivity contribution < 1.29 is 9.18 Å². The average Bonchev–Trinajstić information content (AvgIpc) is 3.31. The van der Waals surface area contributed by atoms with Crippen molar-refractivity contribution in [2.24, 2.45) is 0 Å². The lowest BCUT2D eigenvalue weighted by molar-refractivity contribution is 0.0664. The number of amides is 1. The fourth-order valence-corrected chi connectivity index (χ4v) is 4.05. The monoisotopic (exact) mass is 391 g/mol. The Kier molecular flexibility index (Phi) is 4.32. The molecule has 1 saturated heterocycles. The zero-order chi connectivity index (χ0) is 20.0. The first kappa shape index (κ1) is 17.9. The Bertz CT molecular complexity index is 1190. The van der Waals surface area contributed by atoms with Gasteiger partial charge in [0.25, 0.3) is 5.91 Å². The molecule has 7 heteroatoms. The number of halogens is 1. The van der Waals surface area contributed by atoms with E-state index in [1.807, 2.05) is 29.2 Å². The van der Waals surface area contributed by atoms with E-state index < -0.39 is 0 Å². The van der Waals surface area contributed by atoms with Gasteiger partial charge in [-0.3, -0.25) is 9.89 Å². The Morgan fingerprint density at radius 2 is 1.83 bits per heavy atom. The van der Waals surface area contributed by atoms with Gasteiger partial charge < -0.3 is 14.4 Å². The lowest BCUT2D eigenvalue weighted by Crippen LogP contribution is -2.47. The highest BCUT2D eigenvalue weighted by atomic mass is 19.1. The Labute approximate surface area is 167 Å². The topological polar surface area (TPSA) is 57.2 Å². The fourth-order valence-electron chi connectivity index (χ4n) is 4.05. The lowest BCUT2D eigenvalue weighted by Gasteiger charge is -2.32. The number of H-pyrrole nitrogens is 1. The summed E-state index contributed by atoms with van der Waals surface area (Å²) in [5, 5.41) is 7.90. The molecule has 0 atom stereocenters. The Balaban J connectivity index is 1.41. The summed E-state index contributed by atoms with van der Waals surface area (Å²) in [6.45, 7) is 3.97. The van der Waals surface area contributed by atoms with Crippen LogP contribution >= 0.6 is 0 Å². The number of carbonyl (C=O) groups is 1. The molecule has 2 aromatic heterocycles. The van der Waals surface area contributed by atoms with Crippen molar-refractivity contribution >= 4 is 27.8 Å². The third-order valence-electron chi connectivity index (χ3n) is 5.76. The van der Waals surface area contributed by atoms with Gasteiger partial charge >= 0.3 is 0 Å². The van der Waals surface area contributed by atoms with Crippen LogP contribution in [0.1, 0.15) is 15.9 Å². The molecule has 1 amide bonds. The predicted molar refractivity (Wildman–Crippen MR) is 110 cm³/mol. The molecule has 0 saturated carbocycles. The number of rotatable bonds is 3. The van der Waals surface area contributed by atoms with Crippen molar-refractivity contribution in [2.75, 3.05) is 33.2 Å². The number of carbonyl (C=O) groups excluding carboxylic acids is 1. The first-order valence-corrected chi connectivity index (χ1v) is 9.78. The number of likely N-dealkylation sites (N-methyl/N-ethyl adjacent to an activating group) is 1. The molecule has 0 spiro atoms. The molecule has 3 heterocycles. The first-order valence-electron chi connectivity index (χ1n) is 9.78. The maximum Gasteiger partial charge on any atom is 0.253 e. The zero-order valence-corrected chi connectivity index (χ0v) is 16.2. The molecule has 1 fully saturated rings. The van der Waals surface area contributed by atoms with Crippen LogP contribution in [0.3, 0.4) is 0 Å². The zero-order valence-electron chi connectivity index (χ0n) is 16.2. The van der Waals surface area contributed by atoms with E-state index in [-0.39, 0.29) is 11.7 Å². The fraction of sp³-hybridized carbons (Fsp3) is 0.273. The highest BCUT2D eigenvalue weighted by molar-refractivity contribution is 6.05. The van der Waals surface area contributed by atoms with Crippen LogP contribution < -0.4 is 0 Å². The summed E-state index contributed by atoms with van der Waals surface area (Å²) in [5.74, 6) is -0.179. The second-order valence-electron chi connectivity index (χ2n) is 7.67. The number of hydrogen-bond acceptors (Lipinski definition) is 3. The van der Waals surface area contributed by atoms with Crippen LogP contribution in [0, 0.1) is 5.82 Å². The van der Waals surface area contributed by atoms with Gasteiger partial charge in [0.05, 0.1) is 22.7 Å². The molecule has 148 valence electrons. The van der Waals surface area contributed by atoms with Gasteiger partial charge in [-0.15, -0.1) is 0 Å². The highest BCUT2D eigenvalue weighted by Crippen LogP contribution is 2.28. The van der Waals surface area contributed by atoms with E-state index >= 15 is 0 Å². The maximum atomic E-state index is 13.7. The molecule has 0 unspecified atom stereocenters. The van der Waals surface area contributed by atoms with Gasteiger partial charge in [-0.25, -0.2) is 4.39 Å². The molecule has 4 aromatic rings. The summed E-state index contributed by atoms with van der Waals surface area (Å²) >= 11 is 0. The van der Waals surface area contributed by atoms with E-state index in [1.54, 1.807) is 12.3 Å². The minimum absolute atomic E-state index is 0.0868. The van der Waals surface area contributed by atoms with Gasteiger partial charge in [0, 0.05) is 43.7 Å². The minimum Gasteiger partial charge on any atom is -0.336 e. The number of hydrogen-bond donors (Lipinski definition) is 1. The third kappa shape index (κ3) is 3.17. The van der Waals surface area contributed by atoms with E-state index in [0.29, 0.717) is 12.1 Å². The average molecular weight is 391 g/mol. The number of piperazine rings is 1. The van der Waals surface area contributed by atoms with E-state index in [2.05, 4.69) is 26.7 Å². The van der Waals surface area contributed by atoms with Gasteiger partial charge in [0.2, 0.25) is 0 Å². The van der Waals surface area contributed by atoms with E-state index in [9.17, 15) is 9.18 Å². The lowest BCUT2D eigenvalue weighted by atomic mass is 10.1. The molecule has 0 aliphatic carbocycles. The molecular weight excluding hydrogens is 369 g/mol. The van der Waals surface area contributed by atoms with E-state index in [1.165, 1.54) is 12.1 Å². The van der Waals surface area contributed by atoms with Crippen molar-refractivity contribution in [3.63, 3.8) is 0 Å². The SMILES string of the molecule is CN1CCN(C(=O)c2ccc(Cn3c4ccc(F)cc4c4[nH]ncc43)cc2)CC1. The van der Waals surface area contributed by atoms with Crippen LogP contribution in [0.15, 0.2) is 48.7 Å². The number of nitrogens with one attached hydrogen (secondary N) is 1. The molecular formula is C22H22FN5O. The van der Waals surface area contributed by atoms with Crippen LogP contribution in [0.5, 0.6) is 0 Å². The molecule has 5 rings (SSSR count). The predicted octanol–water partition coefficient (Wildman–Crippen LogP) is 3.09. The van der Waals surface area contributed by atoms with E-state index in [4.69, 9.17) is 0 Å². The first-order chi connectivity index (χ1) is 14.1. The van der Waals surface area contributed by atoms with Crippen molar-refractivity contribution in [3.8, 4) is 0 Å². The number of aromatic amines is 1. The van der Waals surface area contributed by atoms with Crippen LogP contribution in [0.2, 0.25) is 0 Å². The standard InChI is InChI=1S/C22H22FN5O/c1-26-8-10-27(11-9-26)22(29)16-4-2-15(3-5-16)14-28-19-7-6-17(23)12-18(19)21-20(28)13-24-25-21/h2-7,12-13H,8-11,14H2,1H3,(H,24,25). The quantitative estimate of drug-likeness (QED) is 0.584. The van der Waals surface area contributed by atoms with Crippen molar-refractivity contribution in [3.05, 3.63) is 65.6 Å². The van der Waals surface area contributed by atoms with Crippen molar-refractivity contribution in [1.82, 2.24) is 24.6 Å². The van der Waals surface area contributed by atoms with Crippen molar-refractivity contribution in [2.45, 2.75) is 6.54 Å². The second kappa shape index (κ2) is 7.00. The van der Waals surface area contributed by atoms with Gasteiger partial charge in [-0.05, 0) is 42.9 Å². The van der Waals surface area contributed by atoms with Gasteiger partial charge in [-0.1, -0.05) is 12.1 Å². The summed E-state index contributed by atoms with van der Waals surface area (Å²) in [6.07, 6.45) is 1.76. The Morgan fingerprint density at radius 1 is 1.07 bits per heavy atom. The minimum atomic E-state index is -0.266. The molecule has 1 N–H and O–H groups in total. The van der Waals surface area contributed by atoms with Crippen LogP contribution in [0.25, 0.3) is 21.9 Å². The summed E-state index contributed by atoms with van der Waals surface area (Å²) < 4.78 is 15.8. The summed E-state index contributed by atoms with van der Waals surface area (Å²) in [7, 11) is 2.08. The molecule has 0 bridgehead atoms. The Hall–Kier alpha value is -3.19. The molecule has 29 heavy (non-hydrogen) atoms. The Morgan fingerprint density at radius 3 is 2.59 bits per heavy atom. The summed E-state index contributed by atoms with van der Waals surface area (Å²) in [4.78, 5) is 16.9. The normalized spacial score (nSPS) is 15.4. The third-order valence-corrected chi connectivity index (χ3v) is 5.76. The highest BCUT2D eigenvalue weighted by Gasteiger charge is 2.20. The molecule has 1 aliphatic rings. The number of benzene rings is 2. The number of fused-ring (bicyclic) bond motifs is 3. The van der Waals surface area contributed by atoms with E-state index in [0.717, 1.165) is 53.7 Å². The number of aromatic nitrogens is 3. The molecule has 6 nitrogen and oxygen atoms in total.